The lowest BCUT2D eigenvalue weighted by Gasteiger charge is -2.36. The van der Waals surface area contributed by atoms with Crippen molar-refractivity contribution in [2.45, 2.75) is 6.92 Å². The van der Waals surface area contributed by atoms with Gasteiger partial charge in [0.2, 0.25) is 0 Å². The molecule has 126 valence electrons. The Morgan fingerprint density at radius 2 is 1.54 bits per heavy atom. The molecule has 1 aliphatic rings. The lowest BCUT2D eigenvalue weighted by molar-refractivity contribution is 0.208. The molecule has 2 aromatic carbocycles. The molecular formula is C18H19F2N3O. The monoisotopic (exact) mass is 331 g/mol. The highest BCUT2D eigenvalue weighted by Gasteiger charge is 2.22. The van der Waals surface area contributed by atoms with Gasteiger partial charge >= 0.3 is 6.03 Å². The molecule has 1 N–H and O–H groups in total. The Morgan fingerprint density at radius 1 is 0.958 bits per heavy atom. The fraction of sp³-hybridized carbons (Fsp3) is 0.278. The Morgan fingerprint density at radius 3 is 2.12 bits per heavy atom. The van der Waals surface area contributed by atoms with Crippen LogP contribution in [0.1, 0.15) is 5.56 Å². The zero-order valence-electron chi connectivity index (χ0n) is 13.4. The molecule has 0 unspecified atom stereocenters. The maximum atomic E-state index is 13.6. The summed E-state index contributed by atoms with van der Waals surface area (Å²) in [5.41, 5.74) is 1.91. The second-order valence-corrected chi connectivity index (χ2v) is 5.84. The van der Waals surface area contributed by atoms with Crippen molar-refractivity contribution >= 4 is 17.4 Å². The number of amides is 2. The summed E-state index contributed by atoms with van der Waals surface area (Å²) in [7, 11) is 0. The van der Waals surface area contributed by atoms with Crippen molar-refractivity contribution in [1.29, 1.82) is 0 Å². The van der Waals surface area contributed by atoms with Crippen molar-refractivity contribution < 1.29 is 13.6 Å². The summed E-state index contributed by atoms with van der Waals surface area (Å²) in [5, 5.41) is 2.33. The number of carbonyl (C=O) groups is 1. The van der Waals surface area contributed by atoms with Gasteiger partial charge in [-0.05, 0) is 31.2 Å². The van der Waals surface area contributed by atoms with E-state index in [0.717, 1.165) is 17.8 Å². The summed E-state index contributed by atoms with van der Waals surface area (Å²) in [6, 6.07) is 11.2. The highest BCUT2D eigenvalue weighted by molar-refractivity contribution is 5.89. The number of halogens is 2. The number of anilines is 2. The zero-order chi connectivity index (χ0) is 17.1. The molecule has 0 spiro atoms. The Hall–Kier alpha value is -2.63. The molecule has 0 radical (unpaired) electrons. The molecule has 1 heterocycles. The molecule has 24 heavy (non-hydrogen) atoms. The lowest BCUT2D eigenvalue weighted by atomic mass is 10.2. The summed E-state index contributed by atoms with van der Waals surface area (Å²) < 4.78 is 27.2. The standard InChI is InChI=1S/C18H19F2N3O/c1-13-5-7-14(8-6-13)22-9-11-23(12-10-22)18(24)21-17-15(19)3-2-4-16(17)20/h2-8H,9-12H2,1H3,(H,21,24). The van der Waals surface area contributed by atoms with E-state index in [2.05, 4.69) is 34.5 Å². The number of urea groups is 1. The lowest BCUT2D eigenvalue weighted by Crippen LogP contribution is -2.50. The number of piperazine rings is 1. The van der Waals surface area contributed by atoms with Crippen LogP contribution in [0.4, 0.5) is 25.0 Å². The molecule has 0 atom stereocenters. The molecule has 0 saturated carbocycles. The van der Waals surface area contributed by atoms with Gasteiger partial charge < -0.3 is 15.1 Å². The summed E-state index contributed by atoms with van der Waals surface area (Å²) >= 11 is 0. The summed E-state index contributed by atoms with van der Waals surface area (Å²) in [4.78, 5) is 16.0. The third kappa shape index (κ3) is 3.48. The number of carbonyl (C=O) groups excluding carboxylic acids is 1. The summed E-state index contributed by atoms with van der Waals surface area (Å²) in [6.45, 7) is 4.38. The predicted octanol–water partition coefficient (Wildman–Crippen LogP) is 3.63. The van der Waals surface area contributed by atoms with Crippen LogP contribution in [0.2, 0.25) is 0 Å². The Kier molecular flexibility index (Phi) is 4.64. The van der Waals surface area contributed by atoms with Gasteiger partial charge in [0.05, 0.1) is 0 Å². The molecule has 2 amide bonds. The predicted molar refractivity (Wildman–Crippen MR) is 90.3 cm³/mol. The molecule has 3 rings (SSSR count). The first kappa shape index (κ1) is 16.2. The average Bonchev–Trinajstić information content (AvgIpc) is 2.59. The molecule has 0 aliphatic carbocycles. The van der Waals surface area contributed by atoms with Crippen LogP contribution in [-0.2, 0) is 0 Å². The molecule has 1 saturated heterocycles. The average molecular weight is 331 g/mol. The SMILES string of the molecule is Cc1ccc(N2CCN(C(=O)Nc3c(F)cccc3F)CC2)cc1. The van der Waals surface area contributed by atoms with Crippen LogP contribution in [0.5, 0.6) is 0 Å². The topological polar surface area (TPSA) is 35.6 Å². The van der Waals surface area contributed by atoms with Gasteiger partial charge in [-0.25, -0.2) is 13.6 Å². The summed E-state index contributed by atoms with van der Waals surface area (Å²) in [6.07, 6.45) is 0. The van der Waals surface area contributed by atoms with Crippen molar-refractivity contribution in [1.82, 2.24) is 4.90 Å². The Labute approximate surface area is 139 Å². The smallest absolute Gasteiger partial charge is 0.322 e. The number of benzene rings is 2. The van der Waals surface area contributed by atoms with E-state index in [9.17, 15) is 13.6 Å². The number of nitrogens with one attached hydrogen (secondary N) is 1. The minimum atomic E-state index is -0.776. The van der Waals surface area contributed by atoms with Crippen LogP contribution < -0.4 is 10.2 Å². The third-order valence-electron chi connectivity index (χ3n) is 4.16. The number of hydrogen-bond acceptors (Lipinski definition) is 2. The van der Waals surface area contributed by atoms with Crippen molar-refractivity contribution in [3.8, 4) is 0 Å². The molecule has 6 heteroatoms. The second-order valence-electron chi connectivity index (χ2n) is 5.84. The number of hydrogen-bond donors (Lipinski definition) is 1. The van der Waals surface area contributed by atoms with Gasteiger partial charge in [0.1, 0.15) is 17.3 Å². The van der Waals surface area contributed by atoms with Crippen LogP contribution in [0.25, 0.3) is 0 Å². The number of para-hydroxylation sites is 1. The van der Waals surface area contributed by atoms with Crippen molar-refractivity contribution in [3.63, 3.8) is 0 Å². The highest BCUT2D eigenvalue weighted by atomic mass is 19.1. The van der Waals surface area contributed by atoms with E-state index in [0.29, 0.717) is 26.2 Å². The molecule has 0 aromatic heterocycles. The number of nitrogens with zero attached hydrogens (tertiary/aromatic N) is 2. The van der Waals surface area contributed by atoms with Gasteiger partial charge in [0, 0.05) is 31.9 Å². The van der Waals surface area contributed by atoms with Gasteiger partial charge in [-0.1, -0.05) is 23.8 Å². The fourth-order valence-corrected chi connectivity index (χ4v) is 2.73. The molecule has 2 aromatic rings. The molecule has 4 nitrogen and oxygen atoms in total. The maximum Gasteiger partial charge on any atom is 0.322 e. The zero-order valence-corrected chi connectivity index (χ0v) is 13.4. The van der Waals surface area contributed by atoms with Crippen LogP contribution in [0.3, 0.4) is 0 Å². The quantitative estimate of drug-likeness (QED) is 0.912. The van der Waals surface area contributed by atoms with E-state index >= 15 is 0 Å². The van der Waals surface area contributed by atoms with Crippen LogP contribution in [-0.4, -0.2) is 37.1 Å². The minimum Gasteiger partial charge on any atom is -0.368 e. The summed E-state index contributed by atoms with van der Waals surface area (Å²) in [5.74, 6) is -1.55. The van der Waals surface area contributed by atoms with E-state index < -0.39 is 23.4 Å². The normalized spacial score (nSPS) is 14.6. The molecule has 0 bridgehead atoms. The van der Waals surface area contributed by atoms with E-state index in [1.807, 2.05) is 6.92 Å². The van der Waals surface area contributed by atoms with E-state index in [1.165, 1.54) is 11.6 Å². The number of aryl methyl sites for hydroxylation is 1. The Bertz CT molecular complexity index is 705. The van der Waals surface area contributed by atoms with E-state index in [1.54, 1.807) is 4.90 Å². The van der Waals surface area contributed by atoms with Crippen molar-refractivity contribution in [2.24, 2.45) is 0 Å². The minimum absolute atomic E-state index is 0.400. The highest BCUT2D eigenvalue weighted by Crippen LogP contribution is 2.20. The maximum absolute atomic E-state index is 13.6. The van der Waals surface area contributed by atoms with Gasteiger partial charge in [0.15, 0.2) is 0 Å². The van der Waals surface area contributed by atoms with Crippen molar-refractivity contribution in [2.75, 3.05) is 36.4 Å². The molecule has 1 fully saturated rings. The second kappa shape index (κ2) is 6.86. The first-order valence-corrected chi connectivity index (χ1v) is 7.86. The van der Waals surface area contributed by atoms with Crippen molar-refractivity contribution in [3.05, 3.63) is 59.7 Å². The van der Waals surface area contributed by atoms with Crippen LogP contribution >= 0.6 is 0 Å². The van der Waals surface area contributed by atoms with Gasteiger partial charge in [-0.15, -0.1) is 0 Å². The Balaban J connectivity index is 1.60. The fourth-order valence-electron chi connectivity index (χ4n) is 2.73. The first-order valence-electron chi connectivity index (χ1n) is 7.86. The molecular weight excluding hydrogens is 312 g/mol. The van der Waals surface area contributed by atoms with Gasteiger partial charge in [-0.3, -0.25) is 0 Å². The largest absolute Gasteiger partial charge is 0.368 e. The van der Waals surface area contributed by atoms with E-state index in [4.69, 9.17) is 0 Å². The van der Waals surface area contributed by atoms with E-state index in [-0.39, 0.29) is 0 Å². The van der Waals surface area contributed by atoms with Gasteiger partial charge in [-0.2, -0.15) is 0 Å². The molecule has 1 aliphatic heterocycles. The number of rotatable bonds is 2. The van der Waals surface area contributed by atoms with Crippen LogP contribution in [0.15, 0.2) is 42.5 Å². The third-order valence-corrected chi connectivity index (χ3v) is 4.16. The van der Waals surface area contributed by atoms with Crippen LogP contribution in [0, 0.1) is 18.6 Å². The van der Waals surface area contributed by atoms with Gasteiger partial charge in [0.25, 0.3) is 0 Å². The first-order chi connectivity index (χ1) is 11.5.